The second-order valence-corrected chi connectivity index (χ2v) is 6.38. The van der Waals surface area contributed by atoms with Crippen molar-refractivity contribution in [1.29, 1.82) is 0 Å². The van der Waals surface area contributed by atoms with Crippen LogP contribution in [0.25, 0.3) is 0 Å². The lowest BCUT2D eigenvalue weighted by atomic mass is 9.70. The summed E-state index contributed by atoms with van der Waals surface area (Å²) < 4.78 is 5.17. The maximum Gasteiger partial charge on any atom is 0.231 e. The van der Waals surface area contributed by atoms with E-state index < -0.39 is 5.41 Å². The summed E-state index contributed by atoms with van der Waals surface area (Å²) in [5.74, 6) is 1.22. The Hall–Kier alpha value is -1.26. The molecule has 1 aliphatic carbocycles. The average Bonchev–Trinajstić information content (AvgIpc) is 2.50. The van der Waals surface area contributed by atoms with Crippen LogP contribution in [0.2, 0.25) is 5.02 Å². The molecule has 3 N–H and O–H groups in total. The number of benzene rings is 1. The number of rotatable bonds is 4. The van der Waals surface area contributed by atoms with E-state index in [9.17, 15) is 4.79 Å². The average molecular weight is 311 g/mol. The number of methoxy groups -OCH3 is 1. The highest BCUT2D eigenvalue weighted by atomic mass is 35.5. The maximum atomic E-state index is 12.6. The van der Waals surface area contributed by atoms with Crippen molar-refractivity contribution in [2.45, 2.75) is 32.6 Å². The topological polar surface area (TPSA) is 64.3 Å². The molecule has 0 unspecified atom stereocenters. The molecule has 5 heteroatoms. The zero-order valence-corrected chi connectivity index (χ0v) is 13.4. The second kappa shape index (κ2) is 6.67. The molecule has 0 atom stereocenters. The summed E-state index contributed by atoms with van der Waals surface area (Å²) >= 11 is 5.99. The first-order chi connectivity index (χ1) is 10.0. The van der Waals surface area contributed by atoms with E-state index in [4.69, 9.17) is 22.1 Å². The third-order valence-corrected chi connectivity index (χ3v) is 4.83. The number of hydrogen-bond donors (Lipinski definition) is 2. The number of carbonyl (C=O) groups excluding carboxylic acids is 1. The number of nitrogens with one attached hydrogen (secondary N) is 1. The van der Waals surface area contributed by atoms with Crippen LogP contribution in [0, 0.1) is 11.3 Å². The zero-order valence-electron chi connectivity index (χ0n) is 12.6. The van der Waals surface area contributed by atoms with Gasteiger partial charge in [-0.2, -0.15) is 0 Å². The van der Waals surface area contributed by atoms with Crippen molar-refractivity contribution in [2.24, 2.45) is 17.1 Å². The smallest absolute Gasteiger partial charge is 0.231 e. The van der Waals surface area contributed by atoms with E-state index in [2.05, 4.69) is 12.2 Å². The minimum Gasteiger partial charge on any atom is -0.495 e. The van der Waals surface area contributed by atoms with Crippen molar-refractivity contribution in [3.63, 3.8) is 0 Å². The van der Waals surface area contributed by atoms with Gasteiger partial charge in [-0.1, -0.05) is 18.5 Å². The molecule has 4 nitrogen and oxygen atoms in total. The van der Waals surface area contributed by atoms with E-state index in [0.29, 0.717) is 28.9 Å². The van der Waals surface area contributed by atoms with E-state index in [1.165, 1.54) is 0 Å². The predicted octanol–water partition coefficient (Wildman–Crippen LogP) is 3.44. The standard InChI is InChI=1S/C16H23ClN2O2/c1-11-5-7-16(10-18,8-6-11)15(20)19-12-3-4-13(17)14(9-12)21-2/h3-4,9,11H,5-8,10,18H2,1-2H3,(H,19,20). The van der Waals surface area contributed by atoms with E-state index in [1.54, 1.807) is 25.3 Å². The molecule has 116 valence electrons. The van der Waals surface area contributed by atoms with Crippen LogP contribution >= 0.6 is 11.6 Å². The molecule has 0 saturated heterocycles. The molecule has 1 aromatic carbocycles. The molecule has 1 saturated carbocycles. The van der Waals surface area contributed by atoms with Crippen LogP contribution < -0.4 is 15.8 Å². The highest BCUT2D eigenvalue weighted by molar-refractivity contribution is 6.32. The molecular weight excluding hydrogens is 288 g/mol. The van der Waals surface area contributed by atoms with Gasteiger partial charge in [0.25, 0.3) is 0 Å². The largest absolute Gasteiger partial charge is 0.495 e. The Labute approximate surface area is 131 Å². The fourth-order valence-electron chi connectivity index (χ4n) is 2.84. The van der Waals surface area contributed by atoms with Gasteiger partial charge in [0.1, 0.15) is 5.75 Å². The van der Waals surface area contributed by atoms with Gasteiger partial charge in [0.15, 0.2) is 0 Å². The Kier molecular flexibility index (Phi) is 5.12. The van der Waals surface area contributed by atoms with Gasteiger partial charge in [0.05, 0.1) is 17.5 Å². The molecule has 1 aliphatic rings. The first-order valence-electron chi connectivity index (χ1n) is 7.36. The quantitative estimate of drug-likeness (QED) is 0.895. The van der Waals surface area contributed by atoms with Gasteiger partial charge in [-0.25, -0.2) is 0 Å². The van der Waals surface area contributed by atoms with Gasteiger partial charge in [0, 0.05) is 18.3 Å². The van der Waals surface area contributed by atoms with E-state index in [0.717, 1.165) is 25.7 Å². The molecule has 1 aromatic rings. The molecule has 0 bridgehead atoms. The number of anilines is 1. The van der Waals surface area contributed by atoms with Crippen molar-refractivity contribution in [3.8, 4) is 5.75 Å². The zero-order chi connectivity index (χ0) is 15.5. The predicted molar refractivity (Wildman–Crippen MR) is 85.8 cm³/mol. The number of hydrogen-bond acceptors (Lipinski definition) is 3. The lowest BCUT2D eigenvalue weighted by molar-refractivity contribution is -0.127. The second-order valence-electron chi connectivity index (χ2n) is 5.97. The Morgan fingerprint density at radius 3 is 2.71 bits per heavy atom. The summed E-state index contributed by atoms with van der Waals surface area (Å²) in [6, 6.07) is 5.22. The van der Waals surface area contributed by atoms with Gasteiger partial charge in [-0.3, -0.25) is 4.79 Å². The molecule has 0 radical (unpaired) electrons. The molecule has 0 aromatic heterocycles. The van der Waals surface area contributed by atoms with Gasteiger partial charge < -0.3 is 15.8 Å². The first kappa shape index (κ1) is 16.1. The first-order valence-corrected chi connectivity index (χ1v) is 7.73. The van der Waals surface area contributed by atoms with Crippen LogP contribution in [0.4, 0.5) is 5.69 Å². The Bertz CT molecular complexity index is 511. The molecule has 2 rings (SSSR count). The third kappa shape index (κ3) is 3.50. The lowest BCUT2D eigenvalue weighted by Crippen LogP contribution is -2.44. The maximum absolute atomic E-state index is 12.6. The highest BCUT2D eigenvalue weighted by Crippen LogP contribution is 2.39. The minimum atomic E-state index is -0.445. The number of ether oxygens (including phenoxy) is 1. The van der Waals surface area contributed by atoms with Crippen LogP contribution in [0.1, 0.15) is 32.6 Å². The van der Waals surface area contributed by atoms with Crippen molar-refractivity contribution in [3.05, 3.63) is 23.2 Å². The number of halogens is 1. The lowest BCUT2D eigenvalue weighted by Gasteiger charge is -2.37. The Morgan fingerprint density at radius 1 is 1.48 bits per heavy atom. The number of nitrogens with two attached hydrogens (primary N) is 1. The number of amides is 1. The van der Waals surface area contributed by atoms with Crippen LogP contribution in [-0.4, -0.2) is 19.6 Å². The molecule has 1 fully saturated rings. The highest BCUT2D eigenvalue weighted by Gasteiger charge is 2.39. The molecular formula is C16H23ClN2O2. The van der Waals surface area contributed by atoms with Crippen molar-refractivity contribution in [2.75, 3.05) is 19.0 Å². The molecule has 21 heavy (non-hydrogen) atoms. The van der Waals surface area contributed by atoms with Gasteiger partial charge in [-0.05, 0) is 43.7 Å². The van der Waals surface area contributed by atoms with Gasteiger partial charge >= 0.3 is 0 Å². The Morgan fingerprint density at radius 2 is 2.14 bits per heavy atom. The summed E-state index contributed by atoms with van der Waals surface area (Å²) in [7, 11) is 1.55. The molecule has 0 heterocycles. The van der Waals surface area contributed by atoms with Crippen molar-refractivity contribution in [1.82, 2.24) is 0 Å². The normalized spacial score (nSPS) is 25.4. The van der Waals surface area contributed by atoms with Crippen molar-refractivity contribution >= 4 is 23.2 Å². The third-order valence-electron chi connectivity index (χ3n) is 4.51. The van der Waals surface area contributed by atoms with E-state index in [-0.39, 0.29) is 5.91 Å². The van der Waals surface area contributed by atoms with E-state index >= 15 is 0 Å². The summed E-state index contributed by atoms with van der Waals surface area (Å²) in [6.45, 7) is 2.61. The fourth-order valence-corrected chi connectivity index (χ4v) is 3.03. The van der Waals surface area contributed by atoms with Crippen LogP contribution in [0.3, 0.4) is 0 Å². The molecule has 0 aliphatic heterocycles. The van der Waals surface area contributed by atoms with Crippen LogP contribution in [0.5, 0.6) is 5.75 Å². The van der Waals surface area contributed by atoms with E-state index in [1.807, 2.05) is 0 Å². The monoisotopic (exact) mass is 310 g/mol. The summed E-state index contributed by atoms with van der Waals surface area (Å²) in [4.78, 5) is 12.6. The van der Waals surface area contributed by atoms with Crippen molar-refractivity contribution < 1.29 is 9.53 Å². The Balaban J connectivity index is 2.12. The van der Waals surface area contributed by atoms with Gasteiger partial charge in [-0.15, -0.1) is 0 Å². The van der Waals surface area contributed by atoms with Crippen LogP contribution in [0.15, 0.2) is 18.2 Å². The SMILES string of the molecule is COc1cc(NC(=O)C2(CN)CCC(C)CC2)ccc1Cl. The van der Waals surface area contributed by atoms with Crippen LogP contribution in [-0.2, 0) is 4.79 Å². The molecule has 1 amide bonds. The summed E-state index contributed by atoms with van der Waals surface area (Å²) in [6.07, 6.45) is 3.80. The fraction of sp³-hybridized carbons (Fsp3) is 0.562. The summed E-state index contributed by atoms with van der Waals surface area (Å²) in [5, 5.41) is 3.49. The molecule has 0 spiro atoms. The van der Waals surface area contributed by atoms with Gasteiger partial charge in [0.2, 0.25) is 5.91 Å². The minimum absolute atomic E-state index is 0.00118. The number of carbonyl (C=O) groups is 1. The summed E-state index contributed by atoms with van der Waals surface area (Å²) in [5.41, 5.74) is 6.15.